The number of non-ortho nitro benzene ring substituents is 1. The van der Waals surface area contributed by atoms with Crippen LogP contribution in [-0.4, -0.2) is 36.7 Å². The zero-order chi connectivity index (χ0) is 19.3. The highest BCUT2D eigenvalue weighted by molar-refractivity contribution is 7.89. The van der Waals surface area contributed by atoms with E-state index in [-0.39, 0.29) is 21.9 Å². The molecule has 0 amide bonds. The number of rotatable bonds is 7. The van der Waals surface area contributed by atoms with E-state index in [1.54, 1.807) is 13.8 Å². The molecule has 0 atom stereocenters. The molecule has 0 aliphatic heterocycles. The molecule has 0 aliphatic carbocycles. The van der Waals surface area contributed by atoms with Crippen LogP contribution < -0.4 is 4.74 Å². The van der Waals surface area contributed by atoms with Crippen LogP contribution in [-0.2, 0) is 10.0 Å². The molecule has 0 heterocycles. The van der Waals surface area contributed by atoms with Crippen LogP contribution >= 0.6 is 0 Å². The van der Waals surface area contributed by atoms with Gasteiger partial charge in [-0.2, -0.15) is 4.31 Å². The highest BCUT2D eigenvalue weighted by Gasteiger charge is 2.22. The van der Waals surface area contributed by atoms with E-state index in [2.05, 4.69) is 0 Å². The second kappa shape index (κ2) is 8.07. The summed E-state index contributed by atoms with van der Waals surface area (Å²) >= 11 is 0. The summed E-state index contributed by atoms with van der Waals surface area (Å²) in [5, 5.41) is 10.7. The number of nitro benzene ring substituents is 1. The lowest BCUT2D eigenvalue weighted by Gasteiger charge is -2.18. The van der Waals surface area contributed by atoms with Crippen molar-refractivity contribution in [2.24, 2.45) is 0 Å². The Kier molecular flexibility index (Phi) is 6.06. The van der Waals surface area contributed by atoms with Crippen LogP contribution in [0.2, 0.25) is 0 Å². The Bertz CT molecular complexity index is 905. The van der Waals surface area contributed by atoms with Crippen LogP contribution in [0.25, 0.3) is 0 Å². The maximum absolute atomic E-state index is 12.4. The average Bonchev–Trinajstić information content (AvgIpc) is 2.62. The number of hydrogen-bond acceptors (Lipinski definition) is 6. The first-order valence-electron chi connectivity index (χ1n) is 7.86. The number of benzene rings is 2. The molecule has 0 unspecified atom stereocenters. The Labute approximate surface area is 151 Å². The van der Waals surface area contributed by atoms with Crippen molar-refractivity contribution in [1.82, 2.24) is 4.31 Å². The lowest BCUT2D eigenvalue weighted by molar-refractivity contribution is -0.384. The standard InChI is InChI=1S/C17H18N2O6S/c1-3-18(4-2)26(23,24)16-10-8-13(9-11-16)17(20)25-15-7-5-6-14(12-15)19(21)22/h5-12H,3-4H2,1-2H3. The number of ether oxygens (including phenoxy) is 1. The number of sulfonamides is 1. The van der Waals surface area contributed by atoms with Gasteiger partial charge in [-0.15, -0.1) is 0 Å². The molecule has 2 aromatic carbocycles. The zero-order valence-corrected chi connectivity index (χ0v) is 15.1. The molecule has 0 saturated heterocycles. The summed E-state index contributed by atoms with van der Waals surface area (Å²) in [6.07, 6.45) is 0. The van der Waals surface area contributed by atoms with Gasteiger partial charge in [-0.3, -0.25) is 10.1 Å². The Morgan fingerprint density at radius 2 is 1.73 bits per heavy atom. The van der Waals surface area contributed by atoms with Gasteiger partial charge in [-0.05, 0) is 30.3 Å². The molecule has 0 aliphatic rings. The summed E-state index contributed by atoms with van der Waals surface area (Å²) in [7, 11) is -3.61. The molecule has 138 valence electrons. The van der Waals surface area contributed by atoms with E-state index in [0.717, 1.165) is 6.07 Å². The van der Waals surface area contributed by atoms with Gasteiger partial charge in [-0.25, -0.2) is 13.2 Å². The zero-order valence-electron chi connectivity index (χ0n) is 14.3. The van der Waals surface area contributed by atoms with Crippen molar-refractivity contribution in [2.45, 2.75) is 18.7 Å². The molecule has 0 spiro atoms. The predicted octanol–water partition coefficient (Wildman–Crippen LogP) is 2.84. The number of nitro groups is 1. The van der Waals surface area contributed by atoms with E-state index >= 15 is 0 Å². The second-order valence-corrected chi connectivity index (χ2v) is 7.20. The third-order valence-electron chi connectivity index (χ3n) is 3.67. The van der Waals surface area contributed by atoms with Crippen molar-refractivity contribution in [3.63, 3.8) is 0 Å². The highest BCUT2D eigenvalue weighted by Crippen LogP contribution is 2.21. The summed E-state index contributed by atoms with van der Waals surface area (Å²) < 4.78 is 31.2. The Hall–Kier alpha value is -2.78. The Balaban J connectivity index is 2.19. The summed E-state index contributed by atoms with van der Waals surface area (Å²) in [6, 6.07) is 10.6. The Morgan fingerprint density at radius 3 is 2.27 bits per heavy atom. The molecule has 9 heteroatoms. The number of carbonyl (C=O) groups is 1. The lowest BCUT2D eigenvalue weighted by Crippen LogP contribution is -2.30. The number of carbonyl (C=O) groups excluding carboxylic acids is 1. The van der Waals surface area contributed by atoms with Gasteiger partial charge in [0, 0.05) is 19.2 Å². The van der Waals surface area contributed by atoms with Crippen LogP contribution in [0.4, 0.5) is 5.69 Å². The quantitative estimate of drug-likeness (QED) is 0.317. The van der Waals surface area contributed by atoms with E-state index < -0.39 is 20.9 Å². The maximum atomic E-state index is 12.4. The summed E-state index contributed by atoms with van der Waals surface area (Å²) in [6.45, 7) is 4.17. The van der Waals surface area contributed by atoms with Gasteiger partial charge in [0.1, 0.15) is 5.75 Å². The summed E-state index contributed by atoms with van der Waals surface area (Å²) in [5.74, 6) is -0.707. The van der Waals surface area contributed by atoms with Crippen LogP contribution in [0, 0.1) is 10.1 Å². The molecule has 0 fully saturated rings. The van der Waals surface area contributed by atoms with Crippen LogP contribution in [0.3, 0.4) is 0 Å². The molecular weight excluding hydrogens is 360 g/mol. The predicted molar refractivity (Wildman–Crippen MR) is 94.6 cm³/mol. The van der Waals surface area contributed by atoms with Crippen molar-refractivity contribution in [3.8, 4) is 5.75 Å². The monoisotopic (exact) mass is 378 g/mol. The minimum atomic E-state index is -3.61. The first-order chi connectivity index (χ1) is 12.3. The lowest BCUT2D eigenvalue weighted by atomic mass is 10.2. The SMILES string of the molecule is CCN(CC)S(=O)(=O)c1ccc(C(=O)Oc2cccc([N+](=O)[O-])c2)cc1. The fourth-order valence-corrected chi connectivity index (χ4v) is 3.76. The summed E-state index contributed by atoms with van der Waals surface area (Å²) in [4.78, 5) is 22.4. The molecule has 0 bridgehead atoms. The van der Waals surface area contributed by atoms with E-state index in [4.69, 9.17) is 4.74 Å². The van der Waals surface area contributed by atoms with Crippen molar-refractivity contribution in [2.75, 3.05) is 13.1 Å². The fourth-order valence-electron chi connectivity index (χ4n) is 2.30. The van der Waals surface area contributed by atoms with E-state index in [1.807, 2.05) is 0 Å². The molecule has 0 aromatic heterocycles. The minimum absolute atomic E-state index is 0.0315. The first-order valence-corrected chi connectivity index (χ1v) is 9.30. The normalized spacial score (nSPS) is 11.3. The topological polar surface area (TPSA) is 107 Å². The number of esters is 1. The molecule has 0 radical (unpaired) electrons. The van der Waals surface area contributed by atoms with Gasteiger partial charge in [0.15, 0.2) is 0 Å². The van der Waals surface area contributed by atoms with Gasteiger partial charge < -0.3 is 4.74 Å². The minimum Gasteiger partial charge on any atom is -0.423 e. The van der Waals surface area contributed by atoms with E-state index in [1.165, 1.54) is 46.8 Å². The smallest absolute Gasteiger partial charge is 0.343 e. The molecular formula is C17H18N2O6S. The van der Waals surface area contributed by atoms with Crippen LogP contribution in [0.15, 0.2) is 53.4 Å². The summed E-state index contributed by atoms with van der Waals surface area (Å²) in [5.41, 5.74) is -0.0639. The molecule has 0 N–H and O–H groups in total. The third-order valence-corrected chi connectivity index (χ3v) is 5.74. The van der Waals surface area contributed by atoms with Crippen molar-refractivity contribution >= 4 is 21.7 Å². The third kappa shape index (κ3) is 4.24. The van der Waals surface area contributed by atoms with Gasteiger partial charge in [0.05, 0.1) is 21.4 Å². The van der Waals surface area contributed by atoms with Gasteiger partial charge in [-0.1, -0.05) is 19.9 Å². The average molecular weight is 378 g/mol. The molecule has 0 saturated carbocycles. The molecule has 8 nitrogen and oxygen atoms in total. The number of nitrogens with zero attached hydrogens (tertiary/aromatic N) is 2. The van der Waals surface area contributed by atoms with Gasteiger partial charge >= 0.3 is 5.97 Å². The van der Waals surface area contributed by atoms with Crippen molar-refractivity contribution < 1.29 is 22.9 Å². The van der Waals surface area contributed by atoms with Gasteiger partial charge in [0.2, 0.25) is 10.0 Å². The molecule has 2 aromatic rings. The molecule has 2 rings (SSSR count). The van der Waals surface area contributed by atoms with Gasteiger partial charge in [0.25, 0.3) is 5.69 Å². The fraction of sp³-hybridized carbons (Fsp3) is 0.235. The van der Waals surface area contributed by atoms with Crippen LogP contribution in [0.1, 0.15) is 24.2 Å². The first kappa shape index (κ1) is 19.5. The van der Waals surface area contributed by atoms with Crippen LogP contribution in [0.5, 0.6) is 5.75 Å². The Morgan fingerprint density at radius 1 is 1.12 bits per heavy atom. The second-order valence-electron chi connectivity index (χ2n) is 5.26. The number of hydrogen-bond donors (Lipinski definition) is 0. The molecule has 26 heavy (non-hydrogen) atoms. The maximum Gasteiger partial charge on any atom is 0.343 e. The van der Waals surface area contributed by atoms with Crippen molar-refractivity contribution in [3.05, 3.63) is 64.2 Å². The van der Waals surface area contributed by atoms with Crippen molar-refractivity contribution in [1.29, 1.82) is 0 Å². The largest absolute Gasteiger partial charge is 0.423 e. The highest BCUT2D eigenvalue weighted by atomic mass is 32.2. The van der Waals surface area contributed by atoms with E-state index in [0.29, 0.717) is 13.1 Å². The van der Waals surface area contributed by atoms with E-state index in [9.17, 15) is 23.3 Å².